The van der Waals surface area contributed by atoms with Crippen LogP contribution in [0, 0.1) is 12.3 Å². The van der Waals surface area contributed by atoms with Crippen molar-refractivity contribution in [2.75, 3.05) is 19.1 Å². The third-order valence-electron chi connectivity index (χ3n) is 2.68. The highest BCUT2D eigenvalue weighted by Gasteiger charge is 2.04. The second kappa shape index (κ2) is 7.61. The largest absolute Gasteiger partial charge is 0.493 e. The predicted octanol–water partition coefficient (Wildman–Crippen LogP) is 3.15. The van der Waals surface area contributed by atoms with E-state index in [4.69, 9.17) is 15.9 Å². The van der Waals surface area contributed by atoms with Crippen LogP contribution in [0.15, 0.2) is 53.6 Å². The van der Waals surface area contributed by atoms with Crippen LogP contribution >= 0.6 is 0 Å². The van der Waals surface area contributed by atoms with Crippen molar-refractivity contribution in [2.45, 2.75) is 0 Å². The maximum Gasteiger partial charge on any atom is 0.162 e. The summed E-state index contributed by atoms with van der Waals surface area (Å²) in [7, 11) is 1.58. The molecule has 4 nitrogen and oxygen atoms in total. The molecule has 0 amide bonds. The fourth-order valence-electron chi connectivity index (χ4n) is 1.70. The smallest absolute Gasteiger partial charge is 0.162 e. The Morgan fingerprint density at radius 1 is 1.19 bits per heavy atom. The Morgan fingerprint density at radius 3 is 2.71 bits per heavy atom. The fraction of sp³-hybridized carbons (Fsp3) is 0.118. The van der Waals surface area contributed by atoms with Gasteiger partial charge in [-0.05, 0) is 35.9 Å². The fourth-order valence-corrected chi connectivity index (χ4v) is 1.70. The molecule has 0 radical (unpaired) electrons. The molecule has 4 heteroatoms. The number of para-hydroxylation sites is 1. The van der Waals surface area contributed by atoms with Crippen molar-refractivity contribution in [1.82, 2.24) is 0 Å². The Bertz CT molecular complexity index is 646. The number of benzene rings is 2. The molecule has 1 N–H and O–H groups in total. The molecule has 0 aromatic heterocycles. The zero-order valence-corrected chi connectivity index (χ0v) is 11.7. The van der Waals surface area contributed by atoms with Crippen molar-refractivity contribution < 1.29 is 9.47 Å². The van der Waals surface area contributed by atoms with Gasteiger partial charge in [0.25, 0.3) is 0 Å². The predicted molar refractivity (Wildman–Crippen MR) is 85.0 cm³/mol. The third-order valence-corrected chi connectivity index (χ3v) is 2.68. The molecule has 0 unspecified atom stereocenters. The summed E-state index contributed by atoms with van der Waals surface area (Å²) in [6.45, 7) is 0.208. The minimum absolute atomic E-state index is 0.208. The lowest BCUT2D eigenvalue weighted by molar-refractivity contribution is 0.331. The van der Waals surface area contributed by atoms with Crippen molar-refractivity contribution in [3.05, 3.63) is 54.1 Å². The van der Waals surface area contributed by atoms with Crippen LogP contribution in [0.25, 0.3) is 0 Å². The number of ether oxygens (including phenoxy) is 2. The number of nitrogens with zero attached hydrogens (tertiary/aromatic N) is 1. The maximum absolute atomic E-state index is 5.38. The Balaban J connectivity index is 2.05. The Labute approximate surface area is 124 Å². The number of anilines is 1. The zero-order chi connectivity index (χ0) is 14.9. The number of nitrogens with one attached hydrogen (secondary N) is 1. The Hall–Kier alpha value is -2.93. The summed E-state index contributed by atoms with van der Waals surface area (Å²) in [4.78, 5) is 0. The summed E-state index contributed by atoms with van der Waals surface area (Å²) < 4.78 is 10.7. The molecular weight excluding hydrogens is 264 g/mol. The summed E-state index contributed by atoms with van der Waals surface area (Å²) in [5.41, 5.74) is 4.77. The molecule has 21 heavy (non-hydrogen) atoms. The number of hydrogen-bond acceptors (Lipinski definition) is 4. The molecule has 0 fully saturated rings. The van der Waals surface area contributed by atoms with E-state index in [0.717, 1.165) is 11.3 Å². The monoisotopic (exact) mass is 280 g/mol. The normalized spacial score (nSPS) is 10.1. The molecule has 0 aliphatic rings. The van der Waals surface area contributed by atoms with E-state index in [1.54, 1.807) is 19.4 Å². The lowest BCUT2D eigenvalue weighted by Crippen LogP contribution is -1.98. The molecule has 2 aromatic carbocycles. The first-order chi connectivity index (χ1) is 10.3. The topological polar surface area (TPSA) is 42.8 Å². The molecule has 2 rings (SSSR count). The number of hydrogen-bond donors (Lipinski definition) is 1. The van der Waals surface area contributed by atoms with E-state index in [1.807, 2.05) is 42.5 Å². The van der Waals surface area contributed by atoms with Gasteiger partial charge >= 0.3 is 0 Å². The Morgan fingerprint density at radius 2 is 2.00 bits per heavy atom. The first-order valence-corrected chi connectivity index (χ1v) is 6.42. The van der Waals surface area contributed by atoms with Gasteiger partial charge in [-0.1, -0.05) is 24.1 Å². The van der Waals surface area contributed by atoms with Crippen LogP contribution in [0.3, 0.4) is 0 Å². The second-order valence-corrected chi connectivity index (χ2v) is 4.14. The van der Waals surface area contributed by atoms with Gasteiger partial charge in [-0.2, -0.15) is 5.10 Å². The van der Waals surface area contributed by atoms with E-state index in [-0.39, 0.29) is 6.61 Å². The van der Waals surface area contributed by atoms with Crippen LogP contribution in [0.2, 0.25) is 0 Å². The molecule has 0 saturated carbocycles. The van der Waals surface area contributed by atoms with Gasteiger partial charge in [0.2, 0.25) is 0 Å². The van der Waals surface area contributed by atoms with Crippen molar-refractivity contribution in [2.24, 2.45) is 5.10 Å². The van der Waals surface area contributed by atoms with Crippen LogP contribution < -0.4 is 14.9 Å². The molecule has 0 atom stereocenters. The highest BCUT2D eigenvalue weighted by Crippen LogP contribution is 2.27. The van der Waals surface area contributed by atoms with Crippen molar-refractivity contribution in [3.63, 3.8) is 0 Å². The molecule has 2 aromatic rings. The standard InChI is InChI=1S/C17H16N2O2/c1-3-11-21-16-10-9-14(12-17(16)20-2)13-18-19-15-7-5-4-6-8-15/h1,4-10,12-13,19H,11H2,2H3. The third kappa shape index (κ3) is 4.29. The molecule has 106 valence electrons. The molecule has 0 saturated heterocycles. The molecule has 0 aliphatic heterocycles. The summed E-state index contributed by atoms with van der Waals surface area (Å²) in [6.07, 6.45) is 6.88. The number of terminal acetylenes is 1. The van der Waals surface area contributed by atoms with Gasteiger partial charge < -0.3 is 9.47 Å². The van der Waals surface area contributed by atoms with Gasteiger partial charge in [0.15, 0.2) is 11.5 Å². The van der Waals surface area contributed by atoms with Crippen LogP contribution in [0.5, 0.6) is 11.5 Å². The molecule has 0 spiro atoms. The first-order valence-electron chi connectivity index (χ1n) is 6.42. The number of methoxy groups -OCH3 is 1. The van der Waals surface area contributed by atoms with Crippen LogP contribution in [-0.2, 0) is 0 Å². The minimum atomic E-state index is 0.208. The quantitative estimate of drug-likeness (QED) is 0.502. The van der Waals surface area contributed by atoms with E-state index in [1.165, 1.54) is 0 Å². The Kier molecular flexibility index (Phi) is 5.25. The van der Waals surface area contributed by atoms with Gasteiger partial charge in [-0.15, -0.1) is 6.42 Å². The van der Waals surface area contributed by atoms with Crippen molar-refractivity contribution >= 4 is 11.9 Å². The van der Waals surface area contributed by atoms with E-state index >= 15 is 0 Å². The highest BCUT2D eigenvalue weighted by molar-refractivity contribution is 5.81. The van der Waals surface area contributed by atoms with Crippen LogP contribution in [0.4, 0.5) is 5.69 Å². The second-order valence-electron chi connectivity index (χ2n) is 4.14. The van der Waals surface area contributed by atoms with Gasteiger partial charge in [0.1, 0.15) is 6.61 Å². The lowest BCUT2D eigenvalue weighted by atomic mass is 10.2. The first kappa shape index (κ1) is 14.5. The number of rotatable bonds is 6. The van der Waals surface area contributed by atoms with E-state index in [0.29, 0.717) is 11.5 Å². The molecule has 0 heterocycles. The molecular formula is C17H16N2O2. The van der Waals surface area contributed by atoms with Crippen molar-refractivity contribution in [3.8, 4) is 23.8 Å². The summed E-state index contributed by atoms with van der Waals surface area (Å²) in [5, 5.41) is 4.18. The number of hydrazone groups is 1. The zero-order valence-electron chi connectivity index (χ0n) is 11.7. The van der Waals surface area contributed by atoms with Gasteiger partial charge in [-0.3, -0.25) is 5.43 Å². The summed E-state index contributed by atoms with van der Waals surface area (Å²) >= 11 is 0. The minimum Gasteiger partial charge on any atom is -0.493 e. The highest BCUT2D eigenvalue weighted by atomic mass is 16.5. The van der Waals surface area contributed by atoms with E-state index in [2.05, 4.69) is 16.4 Å². The lowest BCUT2D eigenvalue weighted by Gasteiger charge is -2.09. The van der Waals surface area contributed by atoms with E-state index in [9.17, 15) is 0 Å². The maximum atomic E-state index is 5.38. The van der Waals surface area contributed by atoms with Gasteiger partial charge in [0, 0.05) is 0 Å². The summed E-state index contributed by atoms with van der Waals surface area (Å²) in [5.74, 6) is 3.65. The average molecular weight is 280 g/mol. The molecule has 0 bridgehead atoms. The van der Waals surface area contributed by atoms with Crippen LogP contribution in [-0.4, -0.2) is 19.9 Å². The van der Waals surface area contributed by atoms with Gasteiger partial charge in [0.05, 0.1) is 19.0 Å². The molecule has 0 aliphatic carbocycles. The van der Waals surface area contributed by atoms with Crippen LogP contribution in [0.1, 0.15) is 5.56 Å². The van der Waals surface area contributed by atoms with E-state index < -0.39 is 0 Å². The average Bonchev–Trinajstić information content (AvgIpc) is 2.54. The SMILES string of the molecule is C#CCOc1ccc(C=NNc2ccccc2)cc1OC. The van der Waals surface area contributed by atoms with Gasteiger partial charge in [-0.25, -0.2) is 0 Å². The van der Waals surface area contributed by atoms with Crippen molar-refractivity contribution in [1.29, 1.82) is 0 Å². The summed E-state index contributed by atoms with van der Waals surface area (Å²) in [6, 6.07) is 15.2.